The Morgan fingerprint density at radius 2 is 1.92 bits per heavy atom. The van der Waals surface area contributed by atoms with Gasteiger partial charge in [0.05, 0.1) is 22.2 Å². The standard InChI is InChI=1S/C23H15BrIN3O7S/c1-34-21-11-14(9-15(13-26)23(29)27-20-8-3-2-7-19(20)25)10-18(24)22(21)35-36(32,33)17-6-4-5-16(12-17)28(30)31/h2-12H,1H3,(H,27,29)/b15-9-. The first-order valence-corrected chi connectivity index (χ1v) is 13.1. The number of nitriles is 1. The lowest BCUT2D eigenvalue weighted by Crippen LogP contribution is -2.14. The number of nitrogens with zero attached hydrogens (tertiary/aromatic N) is 2. The molecule has 10 nitrogen and oxygen atoms in total. The number of halogens is 2. The van der Waals surface area contributed by atoms with E-state index in [0.29, 0.717) is 11.3 Å². The van der Waals surface area contributed by atoms with Gasteiger partial charge in [0, 0.05) is 15.7 Å². The van der Waals surface area contributed by atoms with Crippen LogP contribution in [0.5, 0.6) is 11.5 Å². The summed E-state index contributed by atoms with van der Waals surface area (Å²) in [6, 6.07) is 16.1. The third-order valence-electron chi connectivity index (χ3n) is 4.56. The minimum Gasteiger partial charge on any atom is -0.493 e. The van der Waals surface area contributed by atoms with Crippen LogP contribution in [-0.2, 0) is 14.9 Å². The van der Waals surface area contributed by atoms with Crippen LogP contribution in [0.15, 0.2) is 75.6 Å². The number of hydrogen-bond acceptors (Lipinski definition) is 8. The molecule has 3 aromatic carbocycles. The Morgan fingerprint density at radius 1 is 1.19 bits per heavy atom. The summed E-state index contributed by atoms with van der Waals surface area (Å²) in [5, 5.41) is 23.2. The number of hydrogen-bond donors (Lipinski definition) is 1. The van der Waals surface area contributed by atoms with E-state index in [9.17, 15) is 28.6 Å². The van der Waals surface area contributed by atoms with E-state index in [0.717, 1.165) is 21.8 Å². The number of anilines is 1. The lowest BCUT2D eigenvalue weighted by molar-refractivity contribution is -0.385. The number of nitrogens with one attached hydrogen (secondary N) is 1. The van der Waals surface area contributed by atoms with Crippen molar-refractivity contribution in [1.82, 2.24) is 0 Å². The lowest BCUT2D eigenvalue weighted by atomic mass is 10.1. The smallest absolute Gasteiger partial charge is 0.339 e. The largest absolute Gasteiger partial charge is 0.493 e. The molecule has 3 rings (SSSR count). The number of carbonyl (C=O) groups excluding carboxylic acids is 1. The van der Waals surface area contributed by atoms with Crippen molar-refractivity contribution in [3.8, 4) is 17.6 Å². The number of non-ortho nitro benzene ring substituents is 1. The molecular formula is C23H15BrIN3O7S. The second-order valence-corrected chi connectivity index (χ2v) is 10.5. The summed E-state index contributed by atoms with van der Waals surface area (Å²) >= 11 is 5.28. The summed E-state index contributed by atoms with van der Waals surface area (Å²) in [5.74, 6) is -0.881. The SMILES string of the molecule is COc1cc(/C=C(/C#N)C(=O)Nc2ccccc2I)cc(Br)c1OS(=O)(=O)c1cccc([N+](=O)[O-])c1. The number of benzene rings is 3. The van der Waals surface area contributed by atoms with Crippen molar-refractivity contribution in [2.24, 2.45) is 0 Å². The molecule has 0 radical (unpaired) electrons. The van der Waals surface area contributed by atoms with E-state index in [-0.39, 0.29) is 21.5 Å². The molecule has 0 aliphatic heterocycles. The fourth-order valence-electron chi connectivity index (χ4n) is 2.88. The fourth-order valence-corrected chi connectivity index (χ4v) is 5.05. The molecule has 0 fully saturated rings. The van der Waals surface area contributed by atoms with Gasteiger partial charge in [0.2, 0.25) is 0 Å². The second kappa shape index (κ2) is 11.5. The highest BCUT2D eigenvalue weighted by molar-refractivity contribution is 14.1. The Bertz CT molecular complexity index is 1530. The van der Waals surface area contributed by atoms with Crippen molar-refractivity contribution in [1.29, 1.82) is 5.26 Å². The van der Waals surface area contributed by atoms with Crippen LogP contribution in [0.25, 0.3) is 6.08 Å². The van der Waals surface area contributed by atoms with E-state index in [1.54, 1.807) is 18.2 Å². The van der Waals surface area contributed by atoms with Crippen LogP contribution in [0.1, 0.15) is 5.56 Å². The van der Waals surface area contributed by atoms with Gasteiger partial charge in [-0.15, -0.1) is 0 Å². The summed E-state index contributed by atoms with van der Waals surface area (Å²) in [6.07, 6.45) is 1.30. The number of ether oxygens (including phenoxy) is 1. The van der Waals surface area contributed by atoms with Gasteiger partial charge in [0.15, 0.2) is 11.5 Å². The molecule has 0 atom stereocenters. The van der Waals surface area contributed by atoms with Crippen molar-refractivity contribution < 1.29 is 27.1 Å². The molecule has 0 spiro atoms. The third-order valence-corrected chi connectivity index (χ3v) is 7.31. The lowest BCUT2D eigenvalue weighted by Gasteiger charge is -2.13. The van der Waals surface area contributed by atoms with Gasteiger partial charge in [0.25, 0.3) is 11.6 Å². The predicted octanol–water partition coefficient (Wildman–Crippen LogP) is 5.28. The van der Waals surface area contributed by atoms with Gasteiger partial charge in [-0.3, -0.25) is 14.9 Å². The summed E-state index contributed by atoms with van der Waals surface area (Å²) in [5.41, 5.74) is 0.256. The number of para-hydroxylation sites is 1. The fraction of sp³-hybridized carbons (Fsp3) is 0.0435. The monoisotopic (exact) mass is 683 g/mol. The Balaban J connectivity index is 1.93. The molecule has 0 saturated carbocycles. The summed E-state index contributed by atoms with van der Waals surface area (Å²) in [7, 11) is -3.19. The number of amides is 1. The predicted molar refractivity (Wildman–Crippen MR) is 143 cm³/mol. The first kappa shape index (κ1) is 27.1. The molecule has 1 amide bonds. The van der Waals surface area contributed by atoms with Crippen molar-refractivity contribution in [3.63, 3.8) is 0 Å². The van der Waals surface area contributed by atoms with Gasteiger partial charge in [0.1, 0.15) is 16.5 Å². The zero-order valence-corrected chi connectivity index (χ0v) is 22.8. The molecular weight excluding hydrogens is 669 g/mol. The first-order valence-electron chi connectivity index (χ1n) is 9.80. The maximum Gasteiger partial charge on any atom is 0.339 e. The van der Waals surface area contributed by atoms with Gasteiger partial charge >= 0.3 is 10.1 Å². The van der Waals surface area contributed by atoms with E-state index >= 15 is 0 Å². The molecule has 0 heterocycles. The molecule has 0 saturated heterocycles. The van der Waals surface area contributed by atoms with Crippen molar-refractivity contribution in [2.75, 3.05) is 12.4 Å². The highest BCUT2D eigenvalue weighted by Crippen LogP contribution is 2.39. The molecule has 36 heavy (non-hydrogen) atoms. The average molecular weight is 684 g/mol. The van der Waals surface area contributed by atoms with E-state index in [4.69, 9.17) is 8.92 Å². The van der Waals surface area contributed by atoms with Crippen LogP contribution in [0.3, 0.4) is 0 Å². The Labute approximate surface area is 228 Å². The van der Waals surface area contributed by atoms with Gasteiger partial charge in [-0.1, -0.05) is 18.2 Å². The molecule has 1 N–H and O–H groups in total. The molecule has 0 aliphatic carbocycles. The van der Waals surface area contributed by atoms with E-state index in [1.165, 1.54) is 31.4 Å². The van der Waals surface area contributed by atoms with E-state index in [2.05, 4.69) is 43.8 Å². The van der Waals surface area contributed by atoms with Crippen LogP contribution in [0.4, 0.5) is 11.4 Å². The van der Waals surface area contributed by atoms with Crippen LogP contribution in [0, 0.1) is 25.0 Å². The number of rotatable bonds is 8. The van der Waals surface area contributed by atoms with Crippen LogP contribution >= 0.6 is 38.5 Å². The maximum atomic E-state index is 12.8. The molecule has 13 heteroatoms. The number of methoxy groups -OCH3 is 1. The molecule has 0 aliphatic rings. The Hall–Kier alpha value is -3.48. The summed E-state index contributed by atoms with van der Waals surface area (Å²) in [6.45, 7) is 0. The van der Waals surface area contributed by atoms with Crippen LogP contribution in [-0.4, -0.2) is 26.4 Å². The van der Waals surface area contributed by atoms with Crippen LogP contribution in [0.2, 0.25) is 0 Å². The highest BCUT2D eigenvalue weighted by Gasteiger charge is 2.24. The molecule has 0 bridgehead atoms. The zero-order chi connectivity index (χ0) is 26.5. The van der Waals surface area contributed by atoms with Gasteiger partial charge in [-0.25, -0.2) is 0 Å². The third kappa shape index (κ3) is 6.39. The maximum absolute atomic E-state index is 12.8. The van der Waals surface area contributed by atoms with Crippen molar-refractivity contribution >= 4 is 72.0 Å². The molecule has 184 valence electrons. The normalized spacial score (nSPS) is 11.3. The minimum atomic E-state index is -4.46. The molecule has 0 aromatic heterocycles. The average Bonchev–Trinajstić information content (AvgIpc) is 2.85. The Kier molecular flexibility index (Phi) is 8.66. The second-order valence-electron chi connectivity index (χ2n) is 6.93. The van der Waals surface area contributed by atoms with Crippen molar-refractivity contribution in [3.05, 3.63) is 90.0 Å². The van der Waals surface area contributed by atoms with Crippen LogP contribution < -0.4 is 14.2 Å². The summed E-state index contributed by atoms with van der Waals surface area (Å²) in [4.78, 5) is 22.5. The van der Waals surface area contributed by atoms with E-state index < -0.39 is 31.5 Å². The number of nitro groups is 1. The van der Waals surface area contributed by atoms with E-state index in [1.807, 2.05) is 12.1 Å². The molecule has 0 unspecified atom stereocenters. The number of carbonyl (C=O) groups is 1. The van der Waals surface area contributed by atoms with Gasteiger partial charge < -0.3 is 14.2 Å². The quantitative estimate of drug-likeness (QED) is 0.0842. The first-order chi connectivity index (χ1) is 17.1. The minimum absolute atomic E-state index is 0.0278. The van der Waals surface area contributed by atoms with Gasteiger partial charge in [-0.05, 0) is 80.5 Å². The highest BCUT2D eigenvalue weighted by atomic mass is 127. The Morgan fingerprint density at radius 3 is 2.56 bits per heavy atom. The zero-order valence-electron chi connectivity index (χ0n) is 18.3. The van der Waals surface area contributed by atoms with Crippen molar-refractivity contribution in [2.45, 2.75) is 4.90 Å². The number of nitro benzene ring substituents is 1. The topological polar surface area (TPSA) is 149 Å². The van der Waals surface area contributed by atoms with Gasteiger partial charge in [-0.2, -0.15) is 13.7 Å². The molecule has 3 aromatic rings. The summed E-state index contributed by atoms with van der Waals surface area (Å²) < 4.78 is 36.9.